The SMILES string of the molecule is CCN(C[C@H]1N[C@@](C)(C(=O)OC)[C@H]2C(=O)N(Cc3ccccc3)C(=O)[C@@H]12)C(=O)c1ccc(C)cc1. The van der Waals surface area contributed by atoms with Crippen LogP contribution < -0.4 is 5.32 Å². The molecule has 2 saturated heterocycles. The molecule has 0 aromatic heterocycles. The van der Waals surface area contributed by atoms with E-state index in [4.69, 9.17) is 4.74 Å². The predicted octanol–water partition coefficient (Wildman–Crippen LogP) is 2.16. The van der Waals surface area contributed by atoms with Gasteiger partial charge in [-0.25, -0.2) is 0 Å². The molecule has 2 aliphatic rings. The first-order valence-corrected chi connectivity index (χ1v) is 11.8. The molecule has 8 heteroatoms. The molecule has 0 radical (unpaired) electrons. The highest BCUT2D eigenvalue weighted by atomic mass is 16.5. The second-order valence-corrected chi connectivity index (χ2v) is 9.41. The van der Waals surface area contributed by atoms with E-state index >= 15 is 0 Å². The molecule has 4 rings (SSSR count). The molecule has 2 aromatic carbocycles. The van der Waals surface area contributed by atoms with Gasteiger partial charge < -0.3 is 9.64 Å². The number of benzene rings is 2. The van der Waals surface area contributed by atoms with Crippen molar-refractivity contribution in [2.24, 2.45) is 11.8 Å². The Morgan fingerprint density at radius 1 is 1.06 bits per heavy atom. The summed E-state index contributed by atoms with van der Waals surface area (Å²) in [6.07, 6.45) is 0. The molecule has 0 aliphatic carbocycles. The predicted molar refractivity (Wildman–Crippen MR) is 129 cm³/mol. The van der Waals surface area contributed by atoms with Crippen molar-refractivity contribution in [3.8, 4) is 0 Å². The first kappa shape index (κ1) is 24.6. The van der Waals surface area contributed by atoms with Crippen molar-refractivity contribution >= 4 is 23.7 Å². The second kappa shape index (κ2) is 9.62. The van der Waals surface area contributed by atoms with Crippen molar-refractivity contribution < 1.29 is 23.9 Å². The molecule has 2 aromatic rings. The number of likely N-dealkylation sites (N-methyl/N-ethyl adjacent to an activating group) is 1. The fourth-order valence-electron chi connectivity index (χ4n) is 5.28. The Labute approximate surface area is 205 Å². The molecular weight excluding hydrogens is 446 g/mol. The van der Waals surface area contributed by atoms with E-state index in [1.807, 2.05) is 56.3 Å². The number of nitrogens with one attached hydrogen (secondary N) is 1. The number of hydrogen-bond donors (Lipinski definition) is 1. The Kier molecular flexibility index (Phi) is 6.76. The summed E-state index contributed by atoms with van der Waals surface area (Å²) in [5.41, 5.74) is 1.03. The van der Waals surface area contributed by atoms with Gasteiger partial charge in [0.05, 0.1) is 25.5 Å². The van der Waals surface area contributed by atoms with Crippen molar-refractivity contribution in [3.05, 3.63) is 71.3 Å². The molecule has 0 saturated carbocycles. The van der Waals surface area contributed by atoms with E-state index in [1.165, 1.54) is 12.0 Å². The third-order valence-electron chi connectivity index (χ3n) is 7.16. The summed E-state index contributed by atoms with van der Waals surface area (Å²) < 4.78 is 5.03. The van der Waals surface area contributed by atoms with Crippen LogP contribution in [0.3, 0.4) is 0 Å². The summed E-state index contributed by atoms with van der Waals surface area (Å²) in [7, 11) is 1.26. The zero-order valence-corrected chi connectivity index (χ0v) is 20.5. The number of amides is 3. The van der Waals surface area contributed by atoms with Crippen molar-refractivity contribution in [2.45, 2.75) is 38.9 Å². The van der Waals surface area contributed by atoms with Crippen LogP contribution in [0.15, 0.2) is 54.6 Å². The zero-order valence-electron chi connectivity index (χ0n) is 20.5. The average Bonchev–Trinajstić information content (AvgIpc) is 3.30. The third-order valence-corrected chi connectivity index (χ3v) is 7.16. The first-order valence-electron chi connectivity index (χ1n) is 11.8. The van der Waals surface area contributed by atoms with Crippen LogP contribution in [0.4, 0.5) is 0 Å². The Balaban J connectivity index is 1.64. The van der Waals surface area contributed by atoms with Gasteiger partial charge in [0.1, 0.15) is 5.54 Å². The maximum Gasteiger partial charge on any atom is 0.326 e. The highest BCUT2D eigenvalue weighted by molar-refractivity contribution is 6.09. The van der Waals surface area contributed by atoms with Crippen LogP contribution in [0.1, 0.15) is 35.3 Å². The minimum atomic E-state index is -1.38. The molecule has 35 heavy (non-hydrogen) atoms. The summed E-state index contributed by atoms with van der Waals surface area (Å²) in [5, 5.41) is 3.21. The van der Waals surface area contributed by atoms with Crippen LogP contribution in [0.2, 0.25) is 0 Å². The Bertz CT molecular complexity index is 1130. The third kappa shape index (κ3) is 4.34. The molecule has 8 nitrogen and oxygen atoms in total. The van der Waals surface area contributed by atoms with E-state index < -0.39 is 35.3 Å². The number of hydrogen-bond acceptors (Lipinski definition) is 6. The first-order chi connectivity index (χ1) is 16.7. The van der Waals surface area contributed by atoms with Gasteiger partial charge in [-0.15, -0.1) is 0 Å². The standard InChI is InChI=1S/C27H31N3O5/c1-5-29(23(31)19-13-11-17(2)12-14-19)16-20-21-22(27(3,28-20)26(34)35-4)25(33)30(24(21)32)15-18-9-7-6-8-10-18/h6-14,20-22,28H,5,15-16H2,1-4H3/t20-,21+,22-,27-/m1/s1. The van der Waals surface area contributed by atoms with Crippen LogP contribution >= 0.6 is 0 Å². The van der Waals surface area contributed by atoms with E-state index in [0.717, 1.165) is 11.1 Å². The summed E-state index contributed by atoms with van der Waals surface area (Å²) >= 11 is 0. The summed E-state index contributed by atoms with van der Waals surface area (Å²) in [4.78, 5) is 56.0. The fraction of sp³-hybridized carbons (Fsp3) is 0.407. The molecule has 1 N–H and O–H groups in total. The lowest BCUT2D eigenvalue weighted by Gasteiger charge is -2.30. The topological polar surface area (TPSA) is 96.0 Å². The summed E-state index contributed by atoms with van der Waals surface area (Å²) in [5.74, 6) is -3.21. The number of esters is 1. The van der Waals surface area contributed by atoms with E-state index in [0.29, 0.717) is 12.1 Å². The second-order valence-electron chi connectivity index (χ2n) is 9.41. The molecular formula is C27H31N3O5. The number of fused-ring (bicyclic) bond motifs is 1. The monoisotopic (exact) mass is 477 g/mol. The number of nitrogens with zero attached hydrogens (tertiary/aromatic N) is 2. The van der Waals surface area contributed by atoms with E-state index in [1.54, 1.807) is 24.0 Å². The van der Waals surface area contributed by atoms with Gasteiger partial charge in [0.25, 0.3) is 5.91 Å². The van der Waals surface area contributed by atoms with E-state index in [2.05, 4.69) is 5.32 Å². The van der Waals surface area contributed by atoms with Gasteiger partial charge in [-0.1, -0.05) is 48.0 Å². The van der Waals surface area contributed by atoms with Gasteiger partial charge in [-0.05, 0) is 38.5 Å². The minimum Gasteiger partial charge on any atom is -0.468 e. The van der Waals surface area contributed by atoms with Gasteiger partial charge in [0, 0.05) is 24.7 Å². The van der Waals surface area contributed by atoms with Gasteiger partial charge in [-0.3, -0.25) is 29.4 Å². The van der Waals surface area contributed by atoms with Crippen LogP contribution in [-0.4, -0.2) is 65.3 Å². The number of rotatable bonds is 7. The highest BCUT2D eigenvalue weighted by Gasteiger charge is 2.66. The van der Waals surface area contributed by atoms with Crippen LogP contribution in [0.25, 0.3) is 0 Å². The maximum atomic E-state index is 13.6. The number of carbonyl (C=O) groups is 4. The minimum absolute atomic E-state index is 0.134. The number of ether oxygens (including phenoxy) is 1. The highest BCUT2D eigenvalue weighted by Crippen LogP contribution is 2.44. The van der Waals surface area contributed by atoms with E-state index in [9.17, 15) is 19.2 Å². The number of aryl methyl sites for hydroxylation is 1. The number of likely N-dealkylation sites (tertiary alicyclic amines) is 1. The van der Waals surface area contributed by atoms with Crippen LogP contribution in [-0.2, 0) is 25.7 Å². The number of carbonyl (C=O) groups excluding carboxylic acids is 4. The lowest BCUT2D eigenvalue weighted by Crippen LogP contribution is -2.56. The Hall–Kier alpha value is -3.52. The molecule has 0 bridgehead atoms. The number of methoxy groups -OCH3 is 1. The van der Waals surface area contributed by atoms with Crippen LogP contribution in [0.5, 0.6) is 0 Å². The fourth-order valence-corrected chi connectivity index (χ4v) is 5.28. The Morgan fingerprint density at radius 2 is 1.71 bits per heavy atom. The molecule has 2 aliphatic heterocycles. The van der Waals surface area contributed by atoms with Crippen LogP contribution in [0, 0.1) is 18.8 Å². The molecule has 184 valence electrons. The molecule has 3 amide bonds. The summed E-state index contributed by atoms with van der Waals surface area (Å²) in [6.45, 7) is 6.14. The molecule has 0 unspecified atom stereocenters. The quantitative estimate of drug-likeness (QED) is 0.485. The maximum absolute atomic E-state index is 13.6. The summed E-state index contributed by atoms with van der Waals surface area (Å²) in [6, 6.07) is 16.0. The largest absolute Gasteiger partial charge is 0.468 e. The molecule has 0 spiro atoms. The Morgan fingerprint density at radius 3 is 2.31 bits per heavy atom. The van der Waals surface area contributed by atoms with Crippen molar-refractivity contribution in [1.82, 2.24) is 15.1 Å². The van der Waals surface area contributed by atoms with Crippen molar-refractivity contribution in [2.75, 3.05) is 20.2 Å². The van der Waals surface area contributed by atoms with Gasteiger partial charge in [0.15, 0.2) is 0 Å². The normalized spacial score (nSPS) is 25.5. The van der Waals surface area contributed by atoms with Gasteiger partial charge in [0.2, 0.25) is 11.8 Å². The number of imide groups is 1. The average molecular weight is 478 g/mol. The van der Waals surface area contributed by atoms with Crippen molar-refractivity contribution in [3.63, 3.8) is 0 Å². The molecule has 2 fully saturated rings. The molecule has 2 heterocycles. The zero-order chi connectivity index (χ0) is 25.3. The van der Waals surface area contributed by atoms with E-state index in [-0.39, 0.29) is 24.9 Å². The van der Waals surface area contributed by atoms with Crippen molar-refractivity contribution in [1.29, 1.82) is 0 Å². The lowest BCUT2D eigenvalue weighted by atomic mass is 9.81. The molecule has 4 atom stereocenters. The lowest BCUT2D eigenvalue weighted by molar-refractivity contribution is -0.153. The van der Waals surface area contributed by atoms with Gasteiger partial charge >= 0.3 is 5.97 Å². The van der Waals surface area contributed by atoms with Gasteiger partial charge in [-0.2, -0.15) is 0 Å². The smallest absolute Gasteiger partial charge is 0.326 e.